The van der Waals surface area contributed by atoms with Crippen LogP contribution in [0, 0.1) is 0 Å². The Balaban J connectivity index is 4.61. The van der Waals surface area contributed by atoms with Crippen LogP contribution in [0.15, 0.2) is 28.5 Å². The molecule has 2 heteroatoms. The van der Waals surface area contributed by atoms with E-state index in [0.29, 0.717) is 11.1 Å². The van der Waals surface area contributed by atoms with Crippen molar-refractivity contribution < 1.29 is 4.39 Å². The molecule has 0 aliphatic carbocycles. The predicted octanol–water partition coefficient (Wildman–Crippen LogP) is 2.51. The summed E-state index contributed by atoms with van der Waals surface area (Å²) >= 11 is 0. The summed E-state index contributed by atoms with van der Waals surface area (Å²) in [6, 6.07) is 0. The van der Waals surface area contributed by atoms with Crippen molar-refractivity contribution in [2.45, 2.75) is 13.8 Å². The van der Waals surface area contributed by atoms with E-state index in [1.165, 1.54) is 13.1 Å². The van der Waals surface area contributed by atoms with E-state index in [4.69, 9.17) is 0 Å². The number of aliphatic imine (C=N–C) groups is 1. The van der Waals surface area contributed by atoms with Gasteiger partial charge in [-0.2, -0.15) is 0 Å². The summed E-state index contributed by atoms with van der Waals surface area (Å²) in [5.41, 5.74) is 1.19. The number of halogens is 1. The Morgan fingerprint density at radius 2 is 2.00 bits per heavy atom. The minimum Gasteiger partial charge on any atom is -0.296 e. The van der Waals surface area contributed by atoms with E-state index < -0.39 is 0 Å². The molecule has 0 atom stereocenters. The molecule has 0 bridgehead atoms. The van der Waals surface area contributed by atoms with Crippen LogP contribution < -0.4 is 0 Å². The van der Waals surface area contributed by atoms with Gasteiger partial charge in [-0.25, -0.2) is 4.39 Å². The normalized spacial score (nSPS) is 13.6. The third kappa shape index (κ3) is 2.58. The average Bonchev–Trinajstić information content (AvgIpc) is 1.81. The first kappa shape index (κ1) is 9.08. The summed E-state index contributed by atoms with van der Waals surface area (Å²) in [5, 5.41) is 0. The lowest BCUT2D eigenvalue weighted by atomic mass is 10.1. The standard InChI is InChI=1S/C8H12FN/c1-6(2)8(5-10-4)7(3)9/h5H,1H2,2-4H3/b8-7-,10-5?. The fourth-order valence-electron chi connectivity index (χ4n) is 0.622. The first-order valence-electron chi connectivity index (χ1n) is 3.04. The summed E-state index contributed by atoms with van der Waals surface area (Å²) in [6.07, 6.45) is 1.47. The van der Waals surface area contributed by atoms with Crippen LogP contribution in [0.4, 0.5) is 4.39 Å². The highest BCUT2D eigenvalue weighted by atomic mass is 19.1. The van der Waals surface area contributed by atoms with Crippen LogP contribution >= 0.6 is 0 Å². The van der Waals surface area contributed by atoms with Crippen molar-refractivity contribution in [2.75, 3.05) is 7.05 Å². The SMILES string of the molecule is C=C(C)/C(C=NC)=C(/C)F. The fraction of sp³-hybridized carbons (Fsp3) is 0.375. The number of hydrogen-bond donors (Lipinski definition) is 0. The maximum absolute atomic E-state index is 12.5. The Labute approximate surface area is 61.0 Å². The van der Waals surface area contributed by atoms with Crippen LogP contribution in [0.25, 0.3) is 0 Å². The van der Waals surface area contributed by atoms with Gasteiger partial charge in [0.1, 0.15) is 5.83 Å². The number of nitrogens with zero attached hydrogens (tertiary/aromatic N) is 1. The van der Waals surface area contributed by atoms with E-state index in [-0.39, 0.29) is 5.83 Å². The summed E-state index contributed by atoms with van der Waals surface area (Å²) in [7, 11) is 1.60. The highest BCUT2D eigenvalue weighted by molar-refractivity contribution is 5.84. The zero-order valence-corrected chi connectivity index (χ0v) is 6.61. The molecule has 0 aromatic heterocycles. The molecule has 10 heavy (non-hydrogen) atoms. The predicted molar refractivity (Wildman–Crippen MR) is 43.0 cm³/mol. The fourth-order valence-corrected chi connectivity index (χ4v) is 0.622. The molecule has 56 valence electrons. The lowest BCUT2D eigenvalue weighted by Gasteiger charge is -1.97. The number of rotatable bonds is 2. The second kappa shape index (κ2) is 3.99. The Hall–Kier alpha value is -0.920. The first-order valence-corrected chi connectivity index (χ1v) is 3.04. The van der Waals surface area contributed by atoms with Crippen molar-refractivity contribution in [1.29, 1.82) is 0 Å². The number of hydrogen-bond acceptors (Lipinski definition) is 1. The van der Waals surface area contributed by atoms with Gasteiger partial charge in [0, 0.05) is 18.8 Å². The first-order chi connectivity index (χ1) is 4.59. The van der Waals surface area contributed by atoms with Crippen LogP contribution in [0.5, 0.6) is 0 Å². The van der Waals surface area contributed by atoms with E-state index in [0.717, 1.165) is 0 Å². The van der Waals surface area contributed by atoms with Crippen molar-refractivity contribution in [3.63, 3.8) is 0 Å². The number of allylic oxidation sites excluding steroid dienone is 3. The van der Waals surface area contributed by atoms with Crippen LogP contribution in [0.2, 0.25) is 0 Å². The van der Waals surface area contributed by atoms with Crippen LogP contribution in [0.3, 0.4) is 0 Å². The summed E-state index contributed by atoms with van der Waals surface area (Å²) < 4.78 is 12.5. The topological polar surface area (TPSA) is 12.4 Å². The van der Waals surface area contributed by atoms with E-state index in [1.54, 1.807) is 14.0 Å². The van der Waals surface area contributed by atoms with Crippen molar-refractivity contribution in [1.82, 2.24) is 0 Å². The highest BCUT2D eigenvalue weighted by Crippen LogP contribution is 2.10. The summed E-state index contributed by atoms with van der Waals surface area (Å²) in [5.74, 6) is -0.238. The zero-order chi connectivity index (χ0) is 8.15. The van der Waals surface area contributed by atoms with Gasteiger partial charge in [-0.3, -0.25) is 4.99 Å². The van der Waals surface area contributed by atoms with Gasteiger partial charge < -0.3 is 0 Å². The minimum absolute atomic E-state index is 0.238. The molecule has 0 spiro atoms. The van der Waals surface area contributed by atoms with Crippen LogP contribution in [0.1, 0.15) is 13.8 Å². The van der Waals surface area contributed by atoms with E-state index >= 15 is 0 Å². The molecule has 0 aliphatic rings. The van der Waals surface area contributed by atoms with Gasteiger partial charge in [0.2, 0.25) is 0 Å². The second-order valence-electron chi connectivity index (χ2n) is 2.11. The summed E-state index contributed by atoms with van der Waals surface area (Å²) in [6.45, 7) is 6.75. The third-order valence-electron chi connectivity index (χ3n) is 1.09. The molecule has 0 saturated heterocycles. The Bertz CT molecular complexity index is 185. The van der Waals surface area contributed by atoms with Gasteiger partial charge in [0.25, 0.3) is 0 Å². The van der Waals surface area contributed by atoms with E-state index in [2.05, 4.69) is 11.6 Å². The minimum atomic E-state index is -0.238. The molecule has 1 nitrogen and oxygen atoms in total. The second-order valence-corrected chi connectivity index (χ2v) is 2.11. The van der Waals surface area contributed by atoms with Gasteiger partial charge in [0.05, 0.1) is 0 Å². The third-order valence-corrected chi connectivity index (χ3v) is 1.09. The van der Waals surface area contributed by atoms with Gasteiger partial charge in [-0.15, -0.1) is 0 Å². The lowest BCUT2D eigenvalue weighted by molar-refractivity contribution is 0.635. The largest absolute Gasteiger partial charge is 0.296 e. The Morgan fingerprint density at radius 3 is 2.10 bits per heavy atom. The molecule has 0 saturated carbocycles. The molecule has 0 unspecified atom stereocenters. The van der Waals surface area contributed by atoms with Gasteiger partial charge in [-0.1, -0.05) is 6.58 Å². The molecular weight excluding hydrogens is 129 g/mol. The maximum Gasteiger partial charge on any atom is 0.106 e. The monoisotopic (exact) mass is 141 g/mol. The Kier molecular flexibility index (Phi) is 3.62. The van der Waals surface area contributed by atoms with Crippen molar-refractivity contribution >= 4 is 6.21 Å². The molecule has 0 aliphatic heterocycles. The molecule has 0 amide bonds. The van der Waals surface area contributed by atoms with Crippen LogP contribution in [-0.2, 0) is 0 Å². The van der Waals surface area contributed by atoms with Crippen LogP contribution in [-0.4, -0.2) is 13.3 Å². The van der Waals surface area contributed by atoms with Crippen molar-refractivity contribution in [2.24, 2.45) is 4.99 Å². The quantitative estimate of drug-likeness (QED) is 0.414. The smallest absolute Gasteiger partial charge is 0.106 e. The molecule has 0 fully saturated rings. The molecule has 0 aromatic carbocycles. The Morgan fingerprint density at radius 1 is 1.50 bits per heavy atom. The van der Waals surface area contributed by atoms with E-state index in [9.17, 15) is 4.39 Å². The van der Waals surface area contributed by atoms with Crippen molar-refractivity contribution in [3.05, 3.63) is 23.6 Å². The lowest BCUT2D eigenvalue weighted by Crippen LogP contribution is -1.87. The molecule has 0 radical (unpaired) electrons. The van der Waals surface area contributed by atoms with Gasteiger partial charge in [0.15, 0.2) is 0 Å². The highest BCUT2D eigenvalue weighted by Gasteiger charge is 1.97. The van der Waals surface area contributed by atoms with Crippen molar-refractivity contribution in [3.8, 4) is 0 Å². The van der Waals surface area contributed by atoms with Gasteiger partial charge >= 0.3 is 0 Å². The van der Waals surface area contributed by atoms with E-state index in [1.807, 2.05) is 0 Å². The molecule has 0 rings (SSSR count). The molecular formula is C8H12FN. The molecule has 0 N–H and O–H groups in total. The van der Waals surface area contributed by atoms with Gasteiger partial charge in [-0.05, 0) is 19.4 Å². The zero-order valence-electron chi connectivity index (χ0n) is 6.61. The molecule has 0 aromatic rings. The summed E-state index contributed by atoms with van der Waals surface area (Å²) in [4.78, 5) is 3.69. The molecule has 0 heterocycles. The average molecular weight is 141 g/mol. The maximum atomic E-state index is 12.5.